The standard InChI is InChI=1S/C26H53BrO3/c1-3-4-5-6-7-8-9-10-11-12-13-14-15-16-17-19-22-29-24-26(28-2)25-30-23-20-18-21-27/h26H,3-25H2,1-2H3. The molecule has 0 aliphatic carbocycles. The molecule has 1 atom stereocenters. The average Bonchev–Trinajstić information content (AvgIpc) is 2.76. The van der Waals surface area contributed by atoms with Crippen LogP contribution in [0.5, 0.6) is 0 Å². The largest absolute Gasteiger partial charge is 0.379 e. The molecule has 0 rings (SSSR count). The molecule has 0 spiro atoms. The van der Waals surface area contributed by atoms with Crippen molar-refractivity contribution in [3.05, 3.63) is 0 Å². The molecule has 0 N–H and O–H groups in total. The lowest BCUT2D eigenvalue weighted by Gasteiger charge is -2.15. The van der Waals surface area contributed by atoms with Crippen LogP contribution in [0, 0.1) is 0 Å². The molecule has 0 heterocycles. The summed E-state index contributed by atoms with van der Waals surface area (Å²) < 4.78 is 16.9. The van der Waals surface area contributed by atoms with Gasteiger partial charge in [-0.25, -0.2) is 0 Å². The molecule has 1 unspecified atom stereocenters. The molecule has 3 nitrogen and oxygen atoms in total. The highest BCUT2D eigenvalue weighted by Crippen LogP contribution is 2.13. The fourth-order valence-electron chi connectivity index (χ4n) is 3.66. The zero-order chi connectivity index (χ0) is 22.0. The van der Waals surface area contributed by atoms with Gasteiger partial charge in [-0.15, -0.1) is 0 Å². The summed E-state index contributed by atoms with van der Waals surface area (Å²) in [5, 5.41) is 1.05. The number of alkyl halides is 1. The molecule has 4 heteroatoms. The monoisotopic (exact) mass is 492 g/mol. The van der Waals surface area contributed by atoms with Crippen molar-refractivity contribution < 1.29 is 14.2 Å². The second-order valence-corrected chi connectivity index (χ2v) is 9.50. The van der Waals surface area contributed by atoms with Gasteiger partial charge in [-0.05, 0) is 19.3 Å². The van der Waals surface area contributed by atoms with Crippen molar-refractivity contribution in [3.63, 3.8) is 0 Å². The highest BCUT2D eigenvalue weighted by Gasteiger charge is 2.07. The summed E-state index contributed by atoms with van der Waals surface area (Å²) in [5.41, 5.74) is 0. The number of rotatable bonds is 26. The van der Waals surface area contributed by atoms with Gasteiger partial charge in [0.15, 0.2) is 0 Å². The molecule has 182 valence electrons. The summed E-state index contributed by atoms with van der Waals surface area (Å²) in [6, 6.07) is 0. The fourth-order valence-corrected chi connectivity index (χ4v) is 4.06. The first-order valence-electron chi connectivity index (χ1n) is 13.1. The maximum absolute atomic E-state index is 5.77. The Hall–Kier alpha value is 0.360. The summed E-state index contributed by atoms with van der Waals surface area (Å²) >= 11 is 3.44. The normalized spacial score (nSPS) is 12.5. The third-order valence-electron chi connectivity index (χ3n) is 5.76. The van der Waals surface area contributed by atoms with Crippen molar-refractivity contribution in [2.24, 2.45) is 0 Å². The third kappa shape index (κ3) is 24.6. The van der Waals surface area contributed by atoms with Crippen LogP contribution in [0.15, 0.2) is 0 Å². The Labute approximate surface area is 197 Å². The topological polar surface area (TPSA) is 27.7 Å². The van der Waals surface area contributed by atoms with E-state index < -0.39 is 0 Å². The second kappa shape index (κ2) is 27.4. The SMILES string of the molecule is CCCCCCCCCCCCCCCCCCOCC(COCCCCBr)OC. The molecule has 30 heavy (non-hydrogen) atoms. The van der Waals surface area contributed by atoms with Crippen LogP contribution in [0.1, 0.15) is 122 Å². The molecule has 0 aliphatic heterocycles. The van der Waals surface area contributed by atoms with E-state index in [9.17, 15) is 0 Å². The van der Waals surface area contributed by atoms with Gasteiger partial charge < -0.3 is 14.2 Å². The van der Waals surface area contributed by atoms with Gasteiger partial charge in [-0.1, -0.05) is 119 Å². The van der Waals surface area contributed by atoms with Crippen molar-refractivity contribution in [1.29, 1.82) is 0 Å². The van der Waals surface area contributed by atoms with Crippen LogP contribution in [-0.4, -0.2) is 45.0 Å². The predicted molar refractivity (Wildman–Crippen MR) is 135 cm³/mol. The molecular weight excluding hydrogens is 440 g/mol. The molecule has 0 aromatic heterocycles. The predicted octanol–water partition coefficient (Wildman–Crippen LogP) is 8.47. The number of ether oxygens (including phenoxy) is 3. The molecule has 0 aromatic carbocycles. The lowest BCUT2D eigenvalue weighted by molar-refractivity contribution is -0.0416. The van der Waals surface area contributed by atoms with E-state index >= 15 is 0 Å². The molecule has 0 aliphatic rings. The molecule has 0 saturated carbocycles. The number of unbranched alkanes of at least 4 members (excludes halogenated alkanes) is 16. The molecule has 0 radical (unpaired) electrons. The Bertz CT molecular complexity index is 302. The quantitative estimate of drug-likeness (QED) is 0.0893. The van der Waals surface area contributed by atoms with Gasteiger partial charge in [-0.3, -0.25) is 0 Å². The molecule has 0 amide bonds. The number of halogens is 1. The average molecular weight is 494 g/mol. The molecule has 0 bridgehead atoms. The Morgan fingerprint density at radius 1 is 0.533 bits per heavy atom. The minimum atomic E-state index is 0.0648. The van der Waals surface area contributed by atoms with Crippen LogP contribution < -0.4 is 0 Å². The summed E-state index contributed by atoms with van der Waals surface area (Å²) in [6.07, 6.45) is 24.8. The van der Waals surface area contributed by atoms with E-state index in [2.05, 4.69) is 22.9 Å². The molecular formula is C26H53BrO3. The number of hydrogen-bond acceptors (Lipinski definition) is 3. The zero-order valence-electron chi connectivity index (χ0n) is 20.4. The van der Waals surface area contributed by atoms with E-state index in [1.807, 2.05) is 0 Å². The molecule has 0 fully saturated rings. The number of methoxy groups -OCH3 is 1. The second-order valence-electron chi connectivity index (χ2n) is 8.71. The Kier molecular flexibility index (Phi) is 27.7. The smallest absolute Gasteiger partial charge is 0.104 e. The van der Waals surface area contributed by atoms with E-state index in [1.165, 1.54) is 103 Å². The van der Waals surface area contributed by atoms with E-state index in [1.54, 1.807) is 7.11 Å². The maximum Gasteiger partial charge on any atom is 0.104 e. The van der Waals surface area contributed by atoms with Gasteiger partial charge in [0.25, 0.3) is 0 Å². The van der Waals surface area contributed by atoms with Gasteiger partial charge in [0.1, 0.15) is 6.10 Å². The van der Waals surface area contributed by atoms with Crippen molar-refractivity contribution >= 4 is 15.9 Å². The van der Waals surface area contributed by atoms with Gasteiger partial charge >= 0.3 is 0 Å². The van der Waals surface area contributed by atoms with E-state index in [-0.39, 0.29) is 6.10 Å². The third-order valence-corrected chi connectivity index (χ3v) is 6.32. The van der Waals surface area contributed by atoms with Crippen LogP contribution in [0.2, 0.25) is 0 Å². The van der Waals surface area contributed by atoms with Crippen LogP contribution in [0.3, 0.4) is 0 Å². The van der Waals surface area contributed by atoms with Crippen molar-refractivity contribution in [1.82, 2.24) is 0 Å². The zero-order valence-corrected chi connectivity index (χ0v) is 22.0. The number of hydrogen-bond donors (Lipinski definition) is 0. The summed E-state index contributed by atoms with van der Waals surface area (Å²) in [6.45, 7) is 5.23. The lowest BCUT2D eigenvalue weighted by Crippen LogP contribution is -2.24. The van der Waals surface area contributed by atoms with Gasteiger partial charge in [0.2, 0.25) is 0 Å². The van der Waals surface area contributed by atoms with Crippen molar-refractivity contribution in [2.45, 2.75) is 129 Å². The van der Waals surface area contributed by atoms with Gasteiger partial charge in [-0.2, -0.15) is 0 Å². The first-order chi connectivity index (χ1) is 14.8. The lowest BCUT2D eigenvalue weighted by atomic mass is 10.0. The van der Waals surface area contributed by atoms with Crippen LogP contribution >= 0.6 is 15.9 Å². The van der Waals surface area contributed by atoms with E-state index in [4.69, 9.17) is 14.2 Å². The van der Waals surface area contributed by atoms with Crippen LogP contribution in [0.4, 0.5) is 0 Å². The fraction of sp³-hybridized carbons (Fsp3) is 1.00. The Morgan fingerprint density at radius 3 is 1.27 bits per heavy atom. The Morgan fingerprint density at radius 2 is 0.900 bits per heavy atom. The minimum Gasteiger partial charge on any atom is -0.379 e. The maximum atomic E-state index is 5.77. The van der Waals surface area contributed by atoms with Crippen molar-refractivity contribution in [3.8, 4) is 0 Å². The van der Waals surface area contributed by atoms with E-state index in [0.717, 1.165) is 31.4 Å². The summed E-state index contributed by atoms with van der Waals surface area (Å²) in [4.78, 5) is 0. The van der Waals surface area contributed by atoms with Crippen LogP contribution in [0.25, 0.3) is 0 Å². The van der Waals surface area contributed by atoms with Gasteiger partial charge in [0.05, 0.1) is 13.2 Å². The molecule has 0 aromatic rings. The summed E-state index contributed by atoms with van der Waals surface area (Å²) in [5.74, 6) is 0. The minimum absolute atomic E-state index is 0.0648. The Balaban J connectivity index is 3.18. The van der Waals surface area contributed by atoms with E-state index in [0.29, 0.717) is 13.2 Å². The highest BCUT2D eigenvalue weighted by molar-refractivity contribution is 9.09. The summed E-state index contributed by atoms with van der Waals surface area (Å²) in [7, 11) is 1.74. The van der Waals surface area contributed by atoms with Crippen molar-refractivity contribution in [2.75, 3.05) is 38.9 Å². The van der Waals surface area contributed by atoms with Gasteiger partial charge in [0, 0.05) is 25.7 Å². The highest BCUT2D eigenvalue weighted by atomic mass is 79.9. The first kappa shape index (κ1) is 30.4. The molecule has 0 saturated heterocycles. The first-order valence-corrected chi connectivity index (χ1v) is 14.2. The van der Waals surface area contributed by atoms with Crippen LogP contribution in [-0.2, 0) is 14.2 Å².